The Morgan fingerprint density at radius 2 is 1.36 bits per heavy atom. The Morgan fingerprint density at radius 1 is 0.718 bits per heavy atom. The Morgan fingerprint density at radius 3 is 2.00 bits per heavy atom. The number of aliphatic carboxylic acids is 1. The fourth-order valence-corrected chi connectivity index (χ4v) is 6.01. The van der Waals surface area contributed by atoms with Crippen LogP contribution in [0.4, 0.5) is 5.69 Å². The molecule has 4 aromatic rings. The molecule has 3 unspecified atom stereocenters. The minimum Gasteiger partial charge on any atom is -0.481 e. The van der Waals surface area contributed by atoms with Crippen molar-refractivity contribution in [2.24, 2.45) is 11.8 Å². The molecule has 0 radical (unpaired) electrons. The van der Waals surface area contributed by atoms with Crippen molar-refractivity contribution >= 4 is 23.5 Å². The van der Waals surface area contributed by atoms with Crippen LogP contribution in [-0.2, 0) is 20.8 Å². The van der Waals surface area contributed by atoms with Gasteiger partial charge in [0.1, 0.15) is 5.75 Å². The van der Waals surface area contributed by atoms with Crippen LogP contribution in [0.5, 0.6) is 5.75 Å². The summed E-state index contributed by atoms with van der Waals surface area (Å²) < 4.78 is 5.95. The maximum Gasteiger partial charge on any atom is 0.315 e. The highest BCUT2D eigenvalue weighted by Crippen LogP contribution is 2.58. The number of hydrogen-bond acceptors (Lipinski definition) is 4. The van der Waals surface area contributed by atoms with Crippen LogP contribution in [0.3, 0.4) is 0 Å². The van der Waals surface area contributed by atoms with Gasteiger partial charge in [0.05, 0.1) is 11.8 Å². The lowest BCUT2D eigenvalue weighted by atomic mass is 9.52. The third-order valence-corrected chi connectivity index (χ3v) is 7.86. The molecular weight excluding hydrogens is 490 g/mol. The van der Waals surface area contributed by atoms with Crippen LogP contribution in [0.15, 0.2) is 103 Å². The Bertz CT molecular complexity index is 1500. The third kappa shape index (κ3) is 4.70. The Kier molecular flexibility index (Phi) is 6.45. The maximum atomic E-state index is 13.7. The molecule has 2 aliphatic rings. The molecule has 1 amide bonds. The molecule has 4 aromatic carbocycles. The number of rotatable bonds is 6. The quantitative estimate of drug-likeness (QED) is 0.240. The summed E-state index contributed by atoms with van der Waals surface area (Å²) in [4.78, 5) is 37.9. The van der Waals surface area contributed by atoms with E-state index in [1.54, 1.807) is 6.07 Å². The van der Waals surface area contributed by atoms with Crippen molar-refractivity contribution < 1.29 is 24.2 Å². The van der Waals surface area contributed by atoms with E-state index in [9.17, 15) is 19.5 Å². The number of carbonyl (C=O) groups is 3. The number of ether oxygens (including phenoxy) is 1. The van der Waals surface area contributed by atoms with Crippen molar-refractivity contribution in [3.05, 3.63) is 120 Å². The second kappa shape index (κ2) is 10.2. The van der Waals surface area contributed by atoms with Crippen molar-refractivity contribution in [1.29, 1.82) is 0 Å². The van der Waals surface area contributed by atoms with Crippen molar-refractivity contribution in [2.75, 3.05) is 5.32 Å². The molecule has 0 aromatic heterocycles. The molecule has 6 nitrogen and oxygen atoms in total. The van der Waals surface area contributed by atoms with Crippen LogP contribution in [0.1, 0.15) is 34.9 Å². The van der Waals surface area contributed by atoms with E-state index in [2.05, 4.69) is 11.4 Å². The largest absolute Gasteiger partial charge is 0.481 e. The molecule has 194 valence electrons. The predicted molar refractivity (Wildman–Crippen MR) is 147 cm³/mol. The van der Waals surface area contributed by atoms with Crippen LogP contribution < -0.4 is 10.1 Å². The molecule has 1 heterocycles. The van der Waals surface area contributed by atoms with E-state index in [0.717, 1.165) is 33.5 Å². The van der Waals surface area contributed by atoms with Gasteiger partial charge in [0.25, 0.3) is 0 Å². The number of aryl methyl sites for hydroxylation is 1. The lowest BCUT2D eigenvalue weighted by molar-refractivity contribution is -0.158. The van der Waals surface area contributed by atoms with Gasteiger partial charge in [-0.25, -0.2) is 0 Å². The van der Waals surface area contributed by atoms with Crippen molar-refractivity contribution in [3.63, 3.8) is 0 Å². The number of carbonyl (C=O) groups excluding carboxylic acids is 2. The number of benzene rings is 4. The van der Waals surface area contributed by atoms with E-state index in [1.807, 2.05) is 91.0 Å². The zero-order valence-electron chi connectivity index (χ0n) is 21.1. The zero-order valence-corrected chi connectivity index (χ0v) is 21.1. The van der Waals surface area contributed by atoms with Gasteiger partial charge in [-0.3, -0.25) is 14.4 Å². The van der Waals surface area contributed by atoms with Crippen molar-refractivity contribution in [1.82, 2.24) is 0 Å². The smallest absolute Gasteiger partial charge is 0.315 e. The predicted octanol–water partition coefficient (Wildman–Crippen LogP) is 6.04. The highest BCUT2D eigenvalue weighted by atomic mass is 16.5. The maximum absolute atomic E-state index is 13.7. The second-order valence-corrected chi connectivity index (χ2v) is 10.1. The van der Waals surface area contributed by atoms with Crippen LogP contribution in [0.25, 0.3) is 11.1 Å². The minimum absolute atomic E-state index is 0.0212. The Balaban J connectivity index is 1.30. The summed E-state index contributed by atoms with van der Waals surface area (Å²) in [6.07, 6.45) is 1.13. The number of carboxylic acids is 1. The van der Waals surface area contributed by atoms with E-state index in [4.69, 9.17) is 4.74 Å². The first-order chi connectivity index (χ1) is 19.0. The number of anilines is 1. The monoisotopic (exact) mass is 517 g/mol. The average Bonchev–Trinajstić information content (AvgIpc) is 2.93. The molecule has 6 rings (SSSR count). The molecule has 1 aliphatic carbocycles. The SMILES string of the molecule is O=C1CCc2cc(-c3cccc(OC(=O)C4C(c5ccccc5)C(C(=O)O)[C@@H]4c4ccccc4)c3)ccc2N1. The summed E-state index contributed by atoms with van der Waals surface area (Å²) in [5.74, 6) is -3.33. The molecule has 4 atom stereocenters. The Hall–Kier alpha value is -4.71. The van der Waals surface area contributed by atoms with Gasteiger partial charge in [-0.1, -0.05) is 78.9 Å². The number of hydrogen-bond donors (Lipinski definition) is 2. The summed E-state index contributed by atoms with van der Waals surface area (Å²) in [7, 11) is 0. The fraction of sp³-hybridized carbons (Fsp3) is 0.182. The molecular formula is C33H27NO5. The number of amides is 1. The first-order valence-corrected chi connectivity index (χ1v) is 13.1. The van der Waals surface area contributed by atoms with E-state index < -0.39 is 35.6 Å². The summed E-state index contributed by atoms with van der Waals surface area (Å²) in [5.41, 5.74) is 5.37. The summed E-state index contributed by atoms with van der Waals surface area (Å²) in [5, 5.41) is 13.1. The third-order valence-electron chi connectivity index (χ3n) is 7.86. The van der Waals surface area contributed by atoms with Crippen molar-refractivity contribution in [3.8, 4) is 16.9 Å². The highest BCUT2D eigenvalue weighted by molar-refractivity contribution is 5.94. The van der Waals surface area contributed by atoms with E-state index in [1.165, 1.54) is 0 Å². The van der Waals surface area contributed by atoms with Crippen LogP contribution >= 0.6 is 0 Å². The fourth-order valence-electron chi connectivity index (χ4n) is 6.01. The van der Waals surface area contributed by atoms with Gasteiger partial charge in [0.15, 0.2) is 0 Å². The normalized spacial score (nSPS) is 21.7. The number of carboxylic acid groups (broad SMARTS) is 1. The lowest BCUT2D eigenvalue weighted by Crippen LogP contribution is -2.52. The standard InChI is InChI=1S/C33H27NO5/c35-27-17-15-24-18-23(14-16-26(24)34-27)22-12-7-13-25(19-22)39-33(38)31-28(20-8-3-1-4-9-20)30(32(36)37)29(31)21-10-5-2-6-11-21/h1-14,16,18-19,28-31H,15,17H2,(H,34,35)(H,36,37)/t28-,29?,30?,31?/m0/s1. The molecule has 1 saturated carbocycles. The van der Waals surface area contributed by atoms with Gasteiger partial charge < -0.3 is 15.2 Å². The van der Waals surface area contributed by atoms with Gasteiger partial charge in [0.2, 0.25) is 5.91 Å². The van der Waals surface area contributed by atoms with Crippen LogP contribution in [0.2, 0.25) is 0 Å². The Labute approximate surface area is 226 Å². The minimum atomic E-state index is -0.924. The molecule has 1 fully saturated rings. The summed E-state index contributed by atoms with van der Waals surface area (Å²) >= 11 is 0. The van der Waals surface area contributed by atoms with Gasteiger partial charge in [-0.2, -0.15) is 0 Å². The van der Waals surface area contributed by atoms with Gasteiger partial charge in [-0.05, 0) is 58.5 Å². The highest BCUT2D eigenvalue weighted by Gasteiger charge is 2.59. The summed E-state index contributed by atoms with van der Waals surface area (Å²) in [6.45, 7) is 0. The number of fused-ring (bicyclic) bond motifs is 1. The molecule has 6 heteroatoms. The molecule has 0 saturated heterocycles. The van der Waals surface area contributed by atoms with Gasteiger partial charge in [-0.15, -0.1) is 0 Å². The van der Waals surface area contributed by atoms with E-state index in [-0.39, 0.29) is 5.91 Å². The first kappa shape index (κ1) is 24.6. The second-order valence-electron chi connectivity index (χ2n) is 10.1. The molecule has 39 heavy (non-hydrogen) atoms. The first-order valence-electron chi connectivity index (χ1n) is 13.1. The topological polar surface area (TPSA) is 92.7 Å². The van der Waals surface area contributed by atoms with E-state index >= 15 is 0 Å². The molecule has 2 N–H and O–H groups in total. The zero-order chi connectivity index (χ0) is 26.9. The molecule has 1 aliphatic heterocycles. The number of esters is 1. The van der Waals surface area contributed by atoms with E-state index in [0.29, 0.717) is 18.6 Å². The molecule has 0 spiro atoms. The molecule has 0 bridgehead atoms. The van der Waals surface area contributed by atoms with Gasteiger partial charge >= 0.3 is 11.9 Å². The average molecular weight is 518 g/mol. The van der Waals surface area contributed by atoms with Crippen LogP contribution in [0, 0.1) is 11.8 Å². The van der Waals surface area contributed by atoms with Gasteiger partial charge in [0, 0.05) is 23.9 Å². The number of nitrogens with one attached hydrogen (secondary N) is 1. The lowest BCUT2D eigenvalue weighted by Gasteiger charge is -2.48. The van der Waals surface area contributed by atoms with Crippen LogP contribution in [-0.4, -0.2) is 23.0 Å². The summed E-state index contributed by atoms with van der Waals surface area (Å²) in [6, 6.07) is 31.9. The van der Waals surface area contributed by atoms with Crippen molar-refractivity contribution in [2.45, 2.75) is 24.7 Å².